The Bertz CT molecular complexity index is 1740. The van der Waals surface area contributed by atoms with Crippen LogP contribution in [0.25, 0.3) is 11.2 Å². The van der Waals surface area contributed by atoms with Gasteiger partial charge in [0.2, 0.25) is 0 Å². The number of aryl methyl sites for hydroxylation is 1. The van der Waals surface area contributed by atoms with Crippen LogP contribution in [0, 0.1) is 12.7 Å². The molecular weight excluding hydrogens is 487 g/mol. The number of thioether (sulfide) groups is 1. The van der Waals surface area contributed by atoms with E-state index >= 15 is 0 Å². The summed E-state index contributed by atoms with van der Waals surface area (Å²) in [4.78, 5) is 8.55. The molecule has 6 atom stereocenters. The van der Waals surface area contributed by atoms with Crippen molar-refractivity contribution >= 4 is 28.7 Å². The van der Waals surface area contributed by atoms with E-state index in [0.29, 0.717) is 17.7 Å². The zero-order chi connectivity index (χ0) is 35.4. The Morgan fingerprint density at radius 3 is 2.92 bits per heavy atom. The van der Waals surface area contributed by atoms with Gasteiger partial charge in [-0.1, -0.05) is 36.0 Å². The third-order valence-corrected chi connectivity index (χ3v) is 6.40. The number of halogens is 1. The minimum Gasteiger partial charge on any atom is -0.394 e. The quantitative estimate of drug-likeness (QED) is 0.228. The molecule has 2 fully saturated rings. The normalized spacial score (nSPS) is 45.5. The van der Waals surface area contributed by atoms with Gasteiger partial charge in [-0.05, 0) is 36.9 Å². The van der Waals surface area contributed by atoms with Crippen molar-refractivity contribution in [2.24, 2.45) is 0 Å². The molecule has 0 bridgehead atoms. The second-order valence-corrected chi connectivity index (χ2v) is 8.97. The number of nitrogens with zero attached hydrogens (tertiary/aromatic N) is 5. The molecule has 0 amide bonds. The summed E-state index contributed by atoms with van der Waals surface area (Å²) in [5.41, 5.74) is -0.568. The summed E-state index contributed by atoms with van der Waals surface area (Å²) >= 11 is 1.03. The molecule has 2 heterocycles. The largest absolute Gasteiger partial charge is 0.394 e. The molecule has 0 radical (unpaired) electrons. The van der Waals surface area contributed by atoms with Gasteiger partial charge in [-0.25, -0.2) is 19.0 Å². The summed E-state index contributed by atoms with van der Waals surface area (Å²) in [6.07, 6.45) is -17.7. The summed E-state index contributed by atoms with van der Waals surface area (Å²) in [5.74, 6) is -1.77. The van der Waals surface area contributed by atoms with Crippen molar-refractivity contribution in [3.8, 4) is 0 Å². The summed E-state index contributed by atoms with van der Waals surface area (Å²) in [6.45, 7) is -1.43. The van der Waals surface area contributed by atoms with E-state index in [2.05, 4.69) is 25.6 Å². The number of ether oxygens (including phenoxy) is 1. The Morgan fingerprint density at radius 2 is 2.17 bits per heavy atom. The van der Waals surface area contributed by atoms with E-state index in [-0.39, 0.29) is 21.2 Å². The van der Waals surface area contributed by atoms with Gasteiger partial charge in [0.25, 0.3) is 0 Å². The van der Waals surface area contributed by atoms with Gasteiger partial charge in [0.05, 0.1) is 34.9 Å². The minimum absolute atomic E-state index is 0.102. The summed E-state index contributed by atoms with van der Waals surface area (Å²) in [6, 6.07) is -1.89. The van der Waals surface area contributed by atoms with Crippen LogP contribution in [-0.2, 0) is 4.74 Å². The van der Waals surface area contributed by atoms with Gasteiger partial charge >= 0.3 is 0 Å². The number of nitrogens with one attached hydrogen (secondary N) is 1. The molecule has 2 aromatic heterocycles. The van der Waals surface area contributed by atoms with E-state index in [9.17, 15) is 19.7 Å². The number of aliphatic hydroxyl groups excluding tert-OH is 1. The zero-order valence-electron chi connectivity index (χ0n) is 30.2. The van der Waals surface area contributed by atoms with E-state index < -0.39 is 79.1 Å². The molecule has 1 aromatic carbocycles. The molecule has 2 aliphatic carbocycles. The van der Waals surface area contributed by atoms with Crippen LogP contribution in [0.1, 0.15) is 64.2 Å². The first kappa shape index (κ1) is 15.1. The average Bonchev–Trinajstić information content (AvgIpc) is 3.21. The summed E-state index contributed by atoms with van der Waals surface area (Å²) in [7, 11) is 0. The van der Waals surface area contributed by atoms with E-state index in [1.807, 2.05) is 6.92 Å². The highest BCUT2D eigenvalue weighted by Gasteiger charge is 2.45. The fraction of sp³-hybridized carbons (Fsp3) is 0.583. The Labute approximate surface area is 227 Å². The number of benzene rings is 1. The number of aliphatic hydroxyl groups is 3. The lowest BCUT2D eigenvalue weighted by atomic mass is 10.1. The molecule has 2 saturated carbocycles. The fourth-order valence-corrected chi connectivity index (χ4v) is 4.15. The van der Waals surface area contributed by atoms with Gasteiger partial charge in [-0.15, -0.1) is 5.10 Å². The zero-order valence-corrected chi connectivity index (χ0v) is 20.0. The van der Waals surface area contributed by atoms with Gasteiger partial charge < -0.3 is 25.4 Å². The fourth-order valence-electron chi connectivity index (χ4n) is 3.46. The first-order valence-electron chi connectivity index (χ1n) is 16.5. The maximum Gasteiger partial charge on any atom is 0.191 e. The minimum atomic E-state index is -4.12. The molecule has 0 unspecified atom stereocenters. The van der Waals surface area contributed by atoms with Gasteiger partial charge in [-0.3, -0.25) is 0 Å². The molecule has 4 N–H and O–H groups in total. The number of anilines is 1. The van der Waals surface area contributed by atoms with E-state index in [1.54, 1.807) is 0 Å². The lowest BCUT2D eigenvalue weighted by Crippen LogP contribution is -2.33. The first-order valence-corrected chi connectivity index (χ1v) is 12.0. The van der Waals surface area contributed by atoms with Gasteiger partial charge in [-0.2, -0.15) is 0 Å². The third-order valence-electron chi connectivity index (χ3n) is 5.35. The van der Waals surface area contributed by atoms with Crippen LogP contribution >= 0.6 is 11.8 Å². The molecule has 194 valence electrons. The highest BCUT2D eigenvalue weighted by molar-refractivity contribution is 7.99. The highest BCUT2D eigenvalue weighted by atomic mass is 32.2. The molecule has 10 nitrogen and oxygen atoms in total. The standard InChI is InChI=1S/C24H31FN6O4S/c1-3-8-36-24-27-22(26-16-10-14(16)13-5-4-12(2)15(25)9-13)19-23(28-24)31(30-29-19)17-11-18(35-7-6-32)21(34)20(17)33/h4-5,9,14,16-18,20-21,32-34H,3,6-8,10-11H2,1-2H3,(H,26,27,28)/t14-,16+,17+,18-,20-,21+/m0/s1/i7D2,10D2,11D2,16D,17D,18D,20D,21D. The van der Waals surface area contributed by atoms with Gasteiger partial charge in [0.1, 0.15) is 18.0 Å². The smallest absolute Gasteiger partial charge is 0.191 e. The first-order chi connectivity index (χ1) is 21.4. The van der Waals surface area contributed by atoms with Crippen LogP contribution in [0.2, 0.25) is 0 Å². The van der Waals surface area contributed by atoms with Crippen LogP contribution in [0.15, 0.2) is 23.4 Å². The van der Waals surface area contributed by atoms with Crippen molar-refractivity contribution in [1.82, 2.24) is 25.0 Å². The van der Waals surface area contributed by atoms with E-state index in [4.69, 9.17) is 19.8 Å². The number of fused-ring (bicyclic) bond motifs is 1. The highest BCUT2D eigenvalue weighted by Crippen LogP contribution is 2.44. The van der Waals surface area contributed by atoms with E-state index in [0.717, 1.165) is 17.8 Å². The molecule has 36 heavy (non-hydrogen) atoms. The number of hydrogen-bond acceptors (Lipinski definition) is 10. The number of hydrogen-bond donors (Lipinski definition) is 4. The summed E-state index contributed by atoms with van der Waals surface area (Å²) in [5, 5.41) is 41.6. The predicted octanol–water partition coefficient (Wildman–Crippen LogP) is 2.18. The van der Waals surface area contributed by atoms with Crippen molar-refractivity contribution in [3.63, 3.8) is 0 Å². The second-order valence-electron chi connectivity index (χ2n) is 7.91. The molecule has 2 aliphatic rings. The van der Waals surface area contributed by atoms with Crippen molar-refractivity contribution < 1.29 is 39.5 Å². The van der Waals surface area contributed by atoms with Crippen molar-refractivity contribution in [2.45, 2.75) is 74.4 Å². The lowest BCUT2D eigenvalue weighted by molar-refractivity contribution is -0.0629. The number of rotatable bonds is 10. The van der Waals surface area contributed by atoms with Gasteiger partial charge in [0, 0.05) is 29.5 Å². The molecule has 12 heteroatoms. The Balaban J connectivity index is 1.69. The van der Waals surface area contributed by atoms with E-state index in [1.165, 1.54) is 19.1 Å². The molecule has 0 spiro atoms. The molecule has 0 saturated heterocycles. The van der Waals surface area contributed by atoms with Crippen LogP contribution in [0.4, 0.5) is 10.2 Å². The maximum absolute atomic E-state index is 14.4. The molecule has 0 aliphatic heterocycles. The van der Waals surface area contributed by atoms with Crippen molar-refractivity contribution in [3.05, 3.63) is 35.1 Å². The average molecular weight is 530 g/mol. The Hall–Kier alpha value is -2.38. The SMILES string of the molecule is [2H]C([2H])(CO)O[C@@]1([2H])C([2H])([2H])[C@@]([2H])(n2nnc3c(N[C@@]4([2H])[C@H](c5ccc(C)c(F)c5)C4([2H])[2H])nc(SCCC)nc32)[C@]([2H])(O)[C@]1([2H])O. The van der Waals surface area contributed by atoms with Crippen LogP contribution < -0.4 is 5.32 Å². The second kappa shape index (κ2) is 10.5. The Morgan fingerprint density at radius 1 is 1.33 bits per heavy atom. The van der Waals surface area contributed by atoms with Crippen LogP contribution in [0.5, 0.6) is 0 Å². The predicted molar refractivity (Wildman–Crippen MR) is 133 cm³/mol. The Kier molecular flexibility index (Phi) is 4.43. The molecule has 3 aromatic rings. The third kappa shape index (κ3) is 4.92. The van der Waals surface area contributed by atoms with Crippen molar-refractivity contribution in [1.29, 1.82) is 0 Å². The van der Waals surface area contributed by atoms with Gasteiger partial charge in [0.15, 0.2) is 22.1 Å². The van der Waals surface area contributed by atoms with Crippen molar-refractivity contribution in [2.75, 3.05) is 24.2 Å². The lowest BCUT2D eigenvalue weighted by Gasteiger charge is -2.17. The number of aromatic nitrogens is 5. The van der Waals surface area contributed by atoms with Crippen LogP contribution in [-0.4, -0.2) is 83.5 Å². The molecule has 5 rings (SSSR count). The maximum atomic E-state index is 14.4. The summed E-state index contributed by atoms with van der Waals surface area (Å²) < 4.78 is 113. The monoisotopic (exact) mass is 529 g/mol. The molecular formula is C24H31FN6O4S. The van der Waals surface area contributed by atoms with Crippen LogP contribution in [0.3, 0.4) is 0 Å². The topological polar surface area (TPSA) is 138 Å².